The van der Waals surface area contributed by atoms with Crippen molar-refractivity contribution in [2.45, 2.75) is 31.7 Å². The second-order valence-electron chi connectivity index (χ2n) is 7.43. The van der Waals surface area contributed by atoms with Crippen molar-refractivity contribution in [3.05, 3.63) is 70.5 Å². The van der Waals surface area contributed by atoms with Crippen LogP contribution in [0.4, 0.5) is 4.39 Å². The lowest BCUT2D eigenvalue weighted by Crippen LogP contribution is -2.41. The number of piperidine rings is 1. The lowest BCUT2D eigenvalue weighted by Gasteiger charge is -2.35. The molecule has 0 aromatic heterocycles. The Balaban J connectivity index is 0.00000300. The van der Waals surface area contributed by atoms with Crippen LogP contribution in [-0.4, -0.2) is 47.5 Å². The highest BCUT2D eigenvalue weighted by Crippen LogP contribution is 2.30. The van der Waals surface area contributed by atoms with Crippen LogP contribution in [0.5, 0.6) is 0 Å². The Morgan fingerprint density at radius 1 is 1.03 bits per heavy atom. The van der Waals surface area contributed by atoms with Gasteiger partial charge in [0.2, 0.25) is 0 Å². The van der Waals surface area contributed by atoms with E-state index in [2.05, 4.69) is 4.90 Å². The molecule has 0 bridgehead atoms. The Labute approximate surface area is 182 Å². The van der Waals surface area contributed by atoms with Gasteiger partial charge in [0.15, 0.2) is 0 Å². The molecule has 0 radical (unpaired) electrons. The van der Waals surface area contributed by atoms with E-state index in [0.29, 0.717) is 18.2 Å². The van der Waals surface area contributed by atoms with E-state index in [0.717, 1.165) is 37.1 Å². The molecule has 2 unspecified atom stereocenters. The standard InChI is InChI=1S/C22H27ClFNO3.ClH/c23-19-5-1-16(2-6-19)14-28-15-21(26)13-25-11-9-18(10-12-25)22(27)17-3-7-20(24)8-4-17;/h1-8,18,21-22,26-27H,9-15H2;1H. The molecule has 2 aromatic rings. The zero-order valence-electron chi connectivity index (χ0n) is 16.2. The molecule has 0 saturated carbocycles. The first kappa shape index (κ1) is 24.1. The van der Waals surface area contributed by atoms with Crippen LogP contribution in [0.15, 0.2) is 48.5 Å². The Morgan fingerprint density at radius 3 is 2.28 bits per heavy atom. The summed E-state index contributed by atoms with van der Waals surface area (Å²) in [7, 11) is 0. The number of aliphatic hydroxyl groups is 2. The minimum absolute atomic E-state index is 0. The largest absolute Gasteiger partial charge is 0.389 e. The van der Waals surface area contributed by atoms with Gasteiger partial charge in [-0.25, -0.2) is 4.39 Å². The summed E-state index contributed by atoms with van der Waals surface area (Å²) in [6, 6.07) is 13.5. The Kier molecular flexibility index (Phi) is 9.83. The van der Waals surface area contributed by atoms with Crippen LogP contribution in [0.2, 0.25) is 5.02 Å². The van der Waals surface area contributed by atoms with Crippen molar-refractivity contribution in [1.29, 1.82) is 0 Å². The highest BCUT2D eigenvalue weighted by atomic mass is 35.5. The molecule has 1 aliphatic heterocycles. The lowest BCUT2D eigenvalue weighted by molar-refractivity contribution is -0.00350. The molecule has 1 heterocycles. The number of halogens is 3. The van der Waals surface area contributed by atoms with E-state index in [4.69, 9.17) is 16.3 Å². The van der Waals surface area contributed by atoms with Crippen LogP contribution in [0.1, 0.15) is 30.1 Å². The van der Waals surface area contributed by atoms with Gasteiger partial charge in [-0.05, 0) is 67.2 Å². The molecular formula is C22H28Cl2FNO3. The van der Waals surface area contributed by atoms with Crippen molar-refractivity contribution in [1.82, 2.24) is 4.90 Å². The summed E-state index contributed by atoms with van der Waals surface area (Å²) in [6.45, 7) is 2.91. The first-order valence-corrected chi connectivity index (χ1v) is 10.0. The third kappa shape index (κ3) is 7.52. The highest BCUT2D eigenvalue weighted by molar-refractivity contribution is 6.30. The fraction of sp³-hybridized carbons (Fsp3) is 0.455. The Bertz CT molecular complexity index is 722. The minimum Gasteiger partial charge on any atom is -0.389 e. The van der Waals surface area contributed by atoms with Gasteiger partial charge in [0.1, 0.15) is 5.82 Å². The molecule has 1 saturated heterocycles. The maximum absolute atomic E-state index is 13.0. The number of hydrogen-bond donors (Lipinski definition) is 2. The van der Waals surface area contributed by atoms with E-state index in [1.165, 1.54) is 12.1 Å². The molecule has 29 heavy (non-hydrogen) atoms. The van der Waals surface area contributed by atoms with Crippen LogP contribution < -0.4 is 0 Å². The number of ether oxygens (including phenoxy) is 1. The summed E-state index contributed by atoms with van der Waals surface area (Å²) >= 11 is 5.86. The first-order valence-electron chi connectivity index (χ1n) is 9.67. The van der Waals surface area contributed by atoms with Crippen molar-refractivity contribution in [2.75, 3.05) is 26.2 Å². The van der Waals surface area contributed by atoms with Crippen molar-refractivity contribution in [2.24, 2.45) is 5.92 Å². The van der Waals surface area contributed by atoms with Crippen LogP contribution in [0, 0.1) is 11.7 Å². The van der Waals surface area contributed by atoms with Gasteiger partial charge in [-0.15, -0.1) is 12.4 Å². The molecule has 0 aliphatic carbocycles. The molecule has 1 aliphatic rings. The van der Waals surface area contributed by atoms with Crippen molar-refractivity contribution < 1.29 is 19.3 Å². The van der Waals surface area contributed by atoms with E-state index >= 15 is 0 Å². The van der Waals surface area contributed by atoms with Gasteiger partial charge in [0.05, 0.1) is 25.4 Å². The third-order valence-electron chi connectivity index (χ3n) is 5.25. The lowest BCUT2D eigenvalue weighted by atomic mass is 9.87. The molecule has 2 aromatic carbocycles. The number of likely N-dealkylation sites (tertiary alicyclic amines) is 1. The van der Waals surface area contributed by atoms with E-state index in [1.807, 2.05) is 24.3 Å². The average molecular weight is 444 g/mol. The van der Waals surface area contributed by atoms with E-state index < -0.39 is 12.2 Å². The smallest absolute Gasteiger partial charge is 0.123 e. The molecular weight excluding hydrogens is 416 g/mol. The molecule has 160 valence electrons. The molecule has 0 amide bonds. The summed E-state index contributed by atoms with van der Waals surface area (Å²) in [6.07, 6.45) is 0.564. The van der Waals surface area contributed by atoms with Gasteiger partial charge in [-0.2, -0.15) is 0 Å². The van der Waals surface area contributed by atoms with Crippen molar-refractivity contribution >= 4 is 24.0 Å². The Hall–Kier alpha value is -1.21. The molecule has 2 N–H and O–H groups in total. The summed E-state index contributed by atoms with van der Waals surface area (Å²) in [4.78, 5) is 2.20. The predicted molar refractivity (Wildman–Crippen MR) is 115 cm³/mol. The van der Waals surface area contributed by atoms with Crippen molar-refractivity contribution in [3.63, 3.8) is 0 Å². The van der Waals surface area contributed by atoms with Crippen LogP contribution in [-0.2, 0) is 11.3 Å². The van der Waals surface area contributed by atoms with E-state index in [-0.39, 0.29) is 30.7 Å². The molecule has 3 rings (SSSR count). The highest BCUT2D eigenvalue weighted by Gasteiger charge is 2.27. The fourth-order valence-electron chi connectivity index (χ4n) is 3.63. The number of hydrogen-bond acceptors (Lipinski definition) is 4. The third-order valence-corrected chi connectivity index (χ3v) is 5.50. The van der Waals surface area contributed by atoms with Crippen LogP contribution in [0.3, 0.4) is 0 Å². The summed E-state index contributed by atoms with van der Waals surface area (Å²) in [5, 5.41) is 21.4. The maximum atomic E-state index is 13.0. The summed E-state index contributed by atoms with van der Waals surface area (Å²) in [5.41, 5.74) is 1.78. The number of rotatable bonds is 8. The van der Waals surface area contributed by atoms with E-state index in [9.17, 15) is 14.6 Å². The fourth-order valence-corrected chi connectivity index (χ4v) is 3.75. The number of β-amino-alcohol motifs (C(OH)–C–C–N with tert-alkyl or cyclic N) is 1. The number of aliphatic hydroxyl groups excluding tert-OH is 2. The van der Waals surface area contributed by atoms with Gasteiger partial charge in [0.25, 0.3) is 0 Å². The molecule has 1 fully saturated rings. The molecule has 7 heteroatoms. The molecule has 4 nitrogen and oxygen atoms in total. The zero-order valence-corrected chi connectivity index (χ0v) is 17.8. The predicted octanol–water partition coefficient (Wildman–Crippen LogP) is 4.22. The summed E-state index contributed by atoms with van der Waals surface area (Å²) in [5.74, 6) is -0.141. The Morgan fingerprint density at radius 2 is 1.66 bits per heavy atom. The van der Waals surface area contributed by atoms with Crippen molar-refractivity contribution in [3.8, 4) is 0 Å². The van der Waals surface area contributed by atoms with Gasteiger partial charge < -0.3 is 19.8 Å². The van der Waals surface area contributed by atoms with Crippen LogP contribution in [0.25, 0.3) is 0 Å². The second kappa shape index (κ2) is 11.8. The average Bonchev–Trinajstić information content (AvgIpc) is 2.70. The summed E-state index contributed by atoms with van der Waals surface area (Å²) < 4.78 is 18.6. The zero-order chi connectivity index (χ0) is 19.9. The topological polar surface area (TPSA) is 52.9 Å². The van der Waals surface area contributed by atoms with Crippen LogP contribution >= 0.6 is 24.0 Å². The monoisotopic (exact) mass is 443 g/mol. The number of nitrogens with zero attached hydrogens (tertiary/aromatic N) is 1. The van der Waals surface area contributed by atoms with Gasteiger partial charge in [-0.3, -0.25) is 0 Å². The second-order valence-corrected chi connectivity index (χ2v) is 7.87. The van der Waals surface area contributed by atoms with Gasteiger partial charge in [-0.1, -0.05) is 35.9 Å². The first-order chi connectivity index (χ1) is 13.5. The molecule has 0 spiro atoms. The van der Waals surface area contributed by atoms with Gasteiger partial charge in [0, 0.05) is 11.6 Å². The minimum atomic E-state index is -0.574. The quantitative estimate of drug-likeness (QED) is 0.640. The number of benzene rings is 2. The normalized spacial score (nSPS) is 17.5. The SMILES string of the molecule is Cl.OC(COCc1ccc(Cl)cc1)CN1CCC(C(O)c2ccc(F)cc2)CC1. The maximum Gasteiger partial charge on any atom is 0.123 e. The van der Waals surface area contributed by atoms with E-state index in [1.54, 1.807) is 12.1 Å². The molecule has 2 atom stereocenters. The van der Waals surface area contributed by atoms with Gasteiger partial charge >= 0.3 is 0 Å².